The maximum Gasteiger partial charge on any atom is 0.408 e. The number of nitrogens with one attached hydrogen (secondary N) is 1. The van der Waals surface area contributed by atoms with Gasteiger partial charge in [-0.3, -0.25) is 0 Å². The molecule has 96 valence electrons. The van der Waals surface area contributed by atoms with Gasteiger partial charge in [-0.1, -0.05) is 0 Å². The maximum absolute atomic E-state index is 11.8. The molecule has 0 radical (unpaired) electrons. The van der Waals surface area contributed by atoms with Gasteiger partial charge in [0, 0.05) is 11.0 Å². The van der Waals surface area contributed by atoms with Crippen LogP contribution in [0.2, 0.25) is 0 Å². The summed E-state index contributed by atoms with van der Waals surface area (Å²) in [6.45, 7) is 5.55. The molecule has 2 aliphatic rings. The first-order chi connectivity index (χ1) is 7.78. The lowest BCUT2D eigenvalue weighted by molar-refractivity contribution is -0.115. The van der Waals surface area contributed by atoms with E-state index >= 15 is 0 Å². The van der Waals surface area contributed by atoms with Crippen LogP contribution in [0.5, 0.6) is 0 Å². The first-order valence-electron chi connectivity index (χ1n) is 6.26. The summed E-state index contributed by atoms with van der Waals surface area (Å²) in [6, 6.07) is 0. The average molecular weight is 239 g/mol. The number of carbonyl (C=O) groups excluding carboxylic acids is 2. The van der Waals surface area contributed by atoms with Crippen LogP contribution in [0, 0.1) is 5.41 Å². The number of fused-ring (bicyclic) bond motifs is 2. The Balaban J connectivity index is 1.97. The highest BCUT2D eigenvalue weighted by Gasteiger charge is 2.55. The van der Waals surface area contributed by atoms with E-state index in [-0.39, 0.29) is 17.0 Å². The lowest BCUT2D eigenvalue weighted by Gasteiger charge is -2.29. The van der Waals surface area contributed by atoms with Gasteiger partial charge in [-0.05, 0) is 52.9 Å². The van der Waals surface area contributed by atoms with Crippen LogP contribution in [0.15, 0.2) is 0 Å². The summed E-state index contributed by atoms with van der Waals surface area (Å²) in [5, 5.41) is 2.98. The van der Waals surface area contributed by atoms with E-state index in [9.17, 15) is 9.59 Å². The van der Waals surface area contributed by atoms with Crippen molar-refractivity contribution >= 4 is 12.4 Å². The molecule has 1 N–H and O–H groups in total. The second kappa shape index (κ2) is 3.72. The van der Waals surface area contributed by atoms with Gasteiger partial charge in [0.2, 0.25) is 0 Å². The molecule has 1 amide bonds. The van der Waals surface area contributed by atoms with E-state index in [1.807, 2.05) is 20.8 Å². The molecular formula is C13H21NO3. The Bertz CT molecular complexity index is 335. The molecule has 2 fully saturated rings. The van der Waals surface area contributed by atoms with Crippen LogP contribution in [0.25, 0.3) is 0 Å². The van der Waals surface area contributed by atoms with Crippen LogP contribution in [0.4, 0.5) is 4.79 Å². The Morgan fingerprint density at radius 2 is 1.82 bits per heavy atom. The van der Waals surface area contributed by atoms with Crippen LogP contribution in [0.1, 0.15) is 52.9 Å². The lowest BCUT2D eigenvalue weighted by Crippen LogP contribution is -2.47. The molecule has 2 rings (SSSR count). The molecule has 0 heterocycles. The summed E-state index contributed by atoms with van der Waals surface area (Å²) in [4.78, 5) is 22.9. The zero-order valence-electron chi connectivity index (χ0n) is 10.8. The summed E-state index contributed by atoms with van der Waals surface area (Å²) < 4.78 is 5.27. The van der Waals surface area contributed by atoms with E-state index < -0.39 is 5.60 Å². The summed E-state index contributed by atoms with van der Waals surface area (Å²) in [5.74, 6) is 0. The fourth-order valence-corrected chi connectivity index (χ4v) is 3.10. The molecule has 0 saturated heterocycles. The summed E-state index contributed by atoms with van der Waals surface area (Å²) >= 11 is 0. The third kappa shape index (κ3) is 2.45. The lowest BCUT2D eigenvalue weighted by atomic mass is 9.86. The first-order valence-corrected chi connectivity index (χ1v) is 6.26. The number of hydrogen-bond acceptors (Lipinski definition) is 3. The van der Waals surface area contributed by atoms with E-state index in [2.05, 4.69) is 5.32 Å². The smallest absolute Gasteiger partial charge is 0.408 e. The van der Waals surface area contributed by atoms with E-state index in [1.165, 1.54) is 0 Å². The molecular weight excluding hydrogens is 218 g/mol. The van der Waals surface area contributed by atoms with E-state index in [4.69, 9.17) is 4.74 Å². The van der Waals surface area contributed by atoms with Gasteiger partial charge < -0.3 is 14.8 Å². The number of ether oxygens (including phenoxy) is 1. The highest BCUT2D eigenvalue weighted by atomic mass is 16.6. The highest BCUT2D eigenvalue weighted by molar-refractivity contribution is 5.70. The molecule has 0 aromatic heterocycles. The molecule has 0 unspecified atom stereocenters. The molecule has 4 heteroatoms. The predicted molar refractivity (Wildman–Crippen MR) is 63.7 cm³/mol. The topological polar surface area (TPSA) is 55.4 Å². The van der Waals surface area contributed by atoms with Crippen molar-refractivity contribution in [1.82, 2.24) is 5.32 Å². The quantitative estimate of drug-likeness (QED) is 0.753. The molecule has 2 saturated carbocycles. The van der Waals surface area contributed by atoms with Crippen LogP contribution in [-0.2, 0) is 9.53 Å². The largest absolute Gasteiger partial charge is 0.444 e. The normalized spacial score (nSPS) is 35.7. The van der Waals surface area contributed by atoms with Gasteiger partial charge in [0.25, 0.3) is 0 Å². The zero-order chi connectivity index (χ0) is 12.7. The molecule has 0 spiro atoms. The number of hydrogen-bond donors (Lipinski definition) is 1. The molecule has 2 aliphatic carbocycles. The van der Waals surface area contributed by atoms with Crippen LogP contribution in [0.3, 0.4) is 0 Å². The van der Waals surface area contributed by atoms with Crippen molar-refractivity contribution in [3.63, 3.8) is 0 Å². The van der Waals surface area contributed by atoms with Crippen molar-refractivity contribution in [2.45, 2.75) is 64.0 Å². The summed E-state index contributed by atoms with van der Waals surface area (Å²) in [5.41, 5.74) is -0.835. The van der Waals surface area contributed by atoms with E-state index in [0.29, 0.717) is 0 Å². The average Bonchev–Trinajstić information content (AvgIpc) is 2.70. The fraction of sp³-hybridized carbons (Fsp3) is 0.846. The third-order valence-electron chi connectivity index (χ3n) is 3.91. The molecule has 0 aliphatic heterocycles. The first kappa shape index (κ1) is 12.4. The van der Waals surface area contributed by atoms with Gasteiger partial charge in [0.1, 0.15) is 11.9 Å². The number of rotatable bonds is 2. The predicted octanol–water partition coefficient (Wildman–Crippen LogP) is 2.41. The van der Waals surface area contributed by atoms with Crippen molar-refractivity contribution in [1.29, 1.82) is 0 Å². The summed E-state index contributed by atoms with van der Waals surface area (Å²) in [7, 11) is 0. The zero-order valence-corrected chi connectivity index (χ0v) is 10.8. The number of amides is 1. The Morgan fingerprint density at radius 3 is 2.24 bits per heavy atom. The minimum absolute atomic E-state index is 0.172. The third-order valence-corrected chi connectivity index (χ3v) is 3.91. The monoisotopic (exact) mass is 239 g/mol. The number of aldehydes is 1. The van der Waals surface area contributed by atoms with Crippen LogP contribution >= 0.6 is 0 Å². The maximum atomic E-state index is 11.8. The van der Waals surface area contributed by atoms with Gasteiger partial charge in [-0.25, -0.2) is 4.79 Å². The van der Waals surface area contributed by atoms with Crippen LogP contribution < -0.4 is 5.32 Å². The molecule has 0 aromatic rings. The summed E-state index contributed by atoms with van der Waals surface area (Å²) in [6.07, 6.45) is 5.08. The second-order valence-corrected chi connectivity index (χ2v) is 6.56. The van der Waals surface area contributed by atoms with Gasteiger partial charge in [0.15, 0.2) is 0 Å². The van der Waals surface area contributed by atoms with Gasteiger partial charge in [0.05, 0.1) is 0 Å². The second-order valence-electron chi connectivity index (χ2n) is 6.56. The Labute approximate surface area is 102 Å². The molecule has 17 heavy (non-hydrogen) atoms. The van der Waals surface area contributed by atoms with Crippen molar-refractivity contribution < 1.29 is 14.3 Å². The van der Waals surface area contributed by atoms with Gasteiger partial charge >= 0.3 is 6.09 Å². The number of alkyl carbamates (subject to hydrolysis) is 1. The Hall–Kier alpha value is -1.06. The van der Waals surface area contributed by atoms with Crippen molar-refractivity contribution in [2.75, 3.05) is 0 Å². The number of carbonyl (C=O) groups is 2. The SMILES string of the molecule is CC(C)(C)OC(=O)NC12CCC(C=O)(CC1)C2. The van der Waals surface area contributed by atoms with Gasteiger partial charge in [-0.2, -0.15) is 0 Å². The Kier molecular flexibility index (Phi) is 2.71. The Morgan fingerprint density at radius 1 is 1.24 bits per heavy atom. The van der Waals surface area contributed by atoms with Crippen LogP contribution in [-0.4, -0.2) is 23.5 Å². The van der Waals surface area contributed by atoms with E-state index in [1.54, 1.807) is 0 Å². The molecule has 4 nitrogen and oxygen atoms in total. The fourth-order valence-electron chi connectivity index (χ4n) is 3.10. The van der Waals surface area contributed by atoms with Gasteiger partial charge in [-0.15, -0.1) is 0 Å². The molecule has 0 atom stereocenters. The minimum atomic E-state index is -0.473. The minimum Gasteiger partial charge on any atom is -0.444 e. The van der Waals surface area contributed by atoms with Crippen molar-refractivity contribution in [3.05, 3.63) is 0 Å². The van der Waals surface area contributed by atoms with E-state index in [0.717, 1.165) is 38.4 Å². The van der Waals surface area contributed by atoms with Crippen molar-refractivity contribution in [3.8, 4) is 0 Å². The highest BCUT2D eigenvalue weighted by Crippen LogP contribution is 2.55. The standard InChI is InChI=1S/C13H21NO3/c1-11(2,3)17-10(16)14-13-6-4-12(8-13,9-15)5-7-13/h9H,4-8H2,1-3H3,(H,14,16). The molecule has 0 aromatic carbocycles. The van der Waals surface area contributed by atoms with Crippen molar-refractivity contribution in [2.24, 2.45) is 5.41 Å². The molecule has 2 bridgehead atoms.